The van der Waals surface area contributed by atoms with Gasteiger partial charge in [-0.25, -0.2) is 13.5 Å². The molecule has 0 saturated carbocycles. The van der Waals surface area contributed by atoms with Gasteiger partial charge in [-0.15, -0.1) is 5.10 Å². The summed E-state index contributed by atoms with van der Waals surface area (Å²) in [5, 5.41) is 26.4. The highest BCUT2D eigenvalue weighted by atomic mass is 35.5. The molecule has 0 aliphatic carbocycles. The van der Waals surface area contributed by atoms with E-state index in [-0.39, 0.29) is 22.4 Å². The van der Waals surface area contributed by atoms with Crippen molar-refractivity contribution in [2.75, 3.05) is 44.0 Å². The predicted molar refractivity (Wildman–Crippen MR) is 175 cm³/mol. The first-order valence-corrected chi connectivity index (χ1v) is 15.5. The first-order valence-electron chi connectivity index (χ1n) is 14.7. The van der Waals surface area contributed by atoms with Crippen LogP contribution in [-0.2, 0) is 4.74 Å². The van der Waals surface area contributed by atoms with Gasteiger partial charge in [0.05, 0.1) is 51.7 Å². The van der Waals surface area contributed by atoms with E-state index in [0.717, 1.165) is 38.0 Å². The van der Waals surface area contributed by atoms with Gasteiger partial charge in [0.15, 0.2) is 0 Å². The second-order valence-corrected chi connectivity index (χ2v) is 11.9. The number of benzene rings is 3. The molecule has 13 heteroatoms. The molecule has 9 nitrogen and oxygen atoms in total. The highest BCUT2D eigenvalue weighted by Crippen LogP contribution is 2.37. The molecule has 2 aromatic heterocycles. The predicted octanol–water partition coefficient (Wildman–Crippen LogP) is 7.51. The maximum Gasteiger partial charge on any atom is 0.141 e. The second-order valence-electron chi connectivity index (χ2n) is 11.1. The summed E-state index contributed by atoms with van der Waals surface area (Å²) in [4.78, 5) is 6.80. The molecule has 1 saturated heterocycles. The summed E-state index contributed by atoms with van der Waals surface area (Å²) in [5.41, 5.74) is 3.65. The van der Waals surface area contributed by atoms with Crippen LogP contribution in [0.25, 0.3) is 10.9 Å². The van der Waals surface area contributed by atoms with E-state index in [2.05, 4.69) is 36.9 Å². The number of likely N-dealkylation sites (tertiary alicyclic amines) is 1. The number of hydrogen-bond donors (Lipinski definition) is 2. The number of piperidine rings is 1. The van der Waals surface area contributed by atoms with Crippen LogP contribution in [-0.4, -0.2) is 58.2 Å². The molecule has 1 aliphatic rings. The van der Waals surface area contributed by atoms with Gasteiger partial charge in [-0.05, 0) is 60.9 Å². The Bertz CT molecular complexity index is 1890. The quantitative estimate of drug-likeness (QED) is 0.158. The zero-order chi connectivity index (χ0) is 32.2. The number of aromatic nitrogens is 4. The maximum absolute atomic E-state index is 14.0. The Labute approximate surface area is 274 Å². The van der Waals surface area contributed by atoms with Gasteiger partial charge < -0.3 is 20.3 Å². The van der Waals surface area contributed by atoms with Crippen molar-refractivity contribution in [1.29, 1.82) is 5.26 Å². The number of nitrogens with one attached hydrogen (secondary N) is 2. The number of pyridine rings is 1. The number of nitriles is 1. The van der Waals surface area contributed by atoms with Gasteiger partial charge in [-0.3, -0.25) is 4.98 Å². The molecule has 1 unspecified atom stereocenters. The normalized spacial score (nSPS) is 14.7. The van der Waals surface area contributed by atoms with E-state index >= 15 is 0 Å². The molecule has 1 atom stereocenters. The minimum absolute atomic E-state index is 0.0610. The van der Waals surface area contributed by atoms with Gasteiger partial charge in [0.1, 0.15) is 23.4 Å². The third-order valence-corrected chi connectivity index (χ3v) is 8.69. The lowest BCUT2D eigenvalue weighted by molar-refractivity contribution is 0.119. The summed E-state index contributed by atoms with van der Waals surface area (Å²) < 4.78 is 34.9. The molecule has 0 amide bonds. The van der Waals surface area contributed by atoms with Gasteiger partial charge in [-0.2, -0.15) is 5.26 Å². The summed E-state index contributed by atoms with van der Waals surface area (Å²) in [6, 6.07) is 15.8. The number of halogens is 4. The molecule has 0 spiro atoms. The summed E-state index contributed by atoms with van der Waals surface area (Å²) >= 11 is 12.8. The van der Waals surface area contributed by atoms with E-state index in [1.54, 1.807) is 25.3 Å². The van der Waals surface area contributed by atoms with Crippen molar-refractivity contribution in [2.24, 2.45) is 0 Å². The third kappa shape index (κ3) is 6.90. The zero-order valence-corrected chi connectivity index (χ0v) is 26.4. The van der Waals surface area contributed by atoms with Crippen molar-refractivity contribution in [3.63, 3.8) is 0 Å². The van der Waals surface area contributed by atoms with E-state index in [1.807, 2.05) is 16.9 Å². The number of nitrogens with zero attached hydrogens (tertiary/aromatic N) is 6. The molecule has 3 heterocycles. The van der Waals surface area contributed by atoms with Crippen LogP contribution in [0.1, 0.15) is 41.7 Å². The van der Waals surface area contributed by atoms with Crippen molar-refractivity contribution in [3.8, 4) is 6.07 Å². The van der Waals surface area contributed by atoms with Crippen LogP contribution >= 0.6 is 23.2 Å². The lowest BCUT2D eigenvalue weighted by atomic mass is 10.0. The van der Waals surface area contributed by atoms with Gasteiger partial charge >= 0.3 is 0 Å². The summed E-state index contributed by atoms with van der Waals surface area (Å²) in [6.07, 6.45) is 5.23. The molecule has 6 rings (SSSR count). The molecule has 1 fully saturated rings. The summed E-state index contributed by atoms with van der Waals surface area (Å²) in [7, 11) is 1.71. The number of fused-ring (bicyclic) bond motifs is 1. The molecule has 0 bridgehead atoms. The Morgan fingerprint density at radius 3 is 2.52 bits per heavy atom. The van der Waals surface area contributed by atoms with Gasteiger partial charge in [-0.1, -0.05) is 40.5 Å². The van der Waals surface area contributed by atoms with E-state index in [4.69, 9.17) is 27.9 Å². The van der Waals surface area contributed by atoms with E-state index in [1.165, 1.54) is 36.5 Å². The van der Waals surface area contributed by atoms with E-state index in [9.17, 15) is 14.0 Å². The first kappa shape index (κ1) is 31.6. The average Bonchev–Trinajstić information content (AvgIpc) is 3.55. The molecule has 236 valence electrons. The molecular weight excluding hydrogens is 633 g/mol. The van der Waals surface area contributed by atoms with Crippen LogP contribution in [0, 0.1) is 23.0 Å². The zero-order valence-electron chi connectivity index (χ0n) is 24.9. The molecule has 0 radical (unpaired) electrons. The van der Waals surface area contributed by atoms with Crippen molar-refractivity contribution in [2.45, 2.75) is 24.9 Å². The van der Waals surface area contributed by atoms with Crippen LogP contribution < -0.4 is 10.6 Å². The largest absolute Gasteiger partial charge is 0.383 e. The lowest BCUT2D eigenvalue weighted by Crippen LogP contribution is -2.36. The summed E-state index contributed by atoms with van der Waals surface area (Å²) in [5.74, 6) is -0.912. The lowest BCUT2D eigenvalue weighted by Gasteiger charge is -2.31. The third-order valence-electron chi connectivity index (χ3n) is 8.12. The van der Waals surface area contributed by atoms with Gasteiger partial charge in [0, 0.05) is 49.7 Å². The van der Waals surface area contributed by atoms with Crippen LogP contribution in [0.2, 0.25) is 10.0 Å². The van der Waals surface area contributed by atoms with E-state index in [0.29, 0.717) is 45.3 Å². The minimum Gasteiger partial charge on any atom is -0.383 e. The second kappa shape index (κ2) is 14.0. The number of hydrogen-bond acceptors (Lipinski definition) is 8. The molecule has 1 aliphatic heterocycles. The first-order chi connectivity index (χ1) is 22.3. The van der Waals surface area contributed by atoms with Crippen LogP contribution in [0.5, 0.6) is 0 Å². The highest BCUT2D eigenvalue weighted by Gasteiger charge is 2.25. The van der Waals surface area contributed by atoms with Crippen molar-refractivity contribution < 1.29 is 13.5 Å². The van der Waals surface area contributed by atoms with E-state index < -0.39 is 11.9 Å². The van der Waals surface area contributed by atoms with Crippen molar-refractivity contribution in [1.82, 2.24) is 24.9 Å². The Hall–Kier alpha value is -4.34. The smallest absolute Gasteiger partial charge is 0.141 e. The molecule has 2 N–H and O–H groups in total. The Morgan fingerprint density at radius 2 is 1.80 bits per heavy atom. The molecule has 3 aromatic carbocycles. The monoisotopic (exact) mass is 662 g/mol. The number of methoxy groups -OCH3 is 1. The van der Waals surface area contributed by atoms with Gasteiger partial charge in [0.25, 0.3) is 0 Å². The van der Waals surface area contributed by atoms with Crippen molar-refractivity contribution >= 4 is 51.2 Å². The van der Waals surface area contributed by atoms with Crippen LogP contribution in [0.3, 0.4) is 0 Å². The Kier molecular flexibility index (Phi) is 9.61. The fourth-order valence-corrected chi connectivity index (χ4v) is 6.11. The Morgan fingerprint density at radius 1 is 1.04 bits per heavy atom. The van der Waals surface area contributed by atoms with Crippen LogP contribution in [0.15, 0.2) is 67.0 Å². The highest BCUT2D eigenvalue weighted by molar-refractivity contribution is 6.36. The maximum atomic E-state index is 14.0. The fraction of sp³-hybridized carbons (Fsp3) is 0.273. The standard InChI is InChI=1S/C33H30Cl2F2N8O/c1-46-13-12-44-10-8-25(9-11-44)45-19-30(42-43-45)32(20-2-4-22(36)5-3-20)41-24-14-26-31(40-23-6-7-29(37)27(34)15-23)21(17-38)18-39-33(26)28(35)16-24/h2-7,14-16,18-19,25,32,41H,8-13H2,1H3,(H,39,40). The molecule has 5 aromatic rings. The van der Waals surface area contributed by atoms with Gasteiger partial charge in [0.2, 0.25) is 0 Å². The summed E-state index contributed by atoms with van der Waals surface area (Å²) in [6.45, 7) is 3.49. The average molecular weight is 664 g/mol. The Balaban J connectivity index is 1.34. The number of rotatable bonds is 10. The van der Waals surface area contributed by atoms with Crippen LogP contribution in [0.4, 0.5) is 25.8 Å². The fourth-order valence-electron chi connectivity index (χ4n) is 5.66. The topological polar surface area (TPSA) is 104 Å². The molecular formula is C33H30Cl2F2N8O. The number of ether oxygens (including phenoxy) is 1. The SMILES string of the molecule is COCCN1CCC(n2cc(C(Nc3cc(Cl)c4ncc(C#N)c(Nc5ccc(F)c(Cl)c5)c4c3)c3ccc(F)cc3)nn2)CC1. The number of anilines is 3. The minimum atomic E-state index is -0.557. The molecule has 46 heavy (non-hydrogen) atoms. The van der Waals surface area contributed by atoms with Crippen molar-refractivity contribution in [3.05, 3.63) is 105 Å².